The first-order chi connectivity index (χ1) is 11.2. The number of aryl methyl sites for hydroxylation is 1. The molecule has 0 bridgehead atoms. The average Bonchev–Trinajstić information content (AvgIpc) is 2.60. The lowest BCUT2D eigenvalue weighted by Crippen LogP contribution is -2.04. The summed E-state index contributed by atoms with van der Waals surface area (Å²) in [6.07, 6.45) is 5.19. The molecule has 0 spiro atoms. The highest BCUT2D eigenvalue weighted by Gasteiger charge is 2.05. The monoisotopic (exact) mass is 307 g/mol. The molecule has 0 saturated heterocycles. The van der Waals surface area contributed by atoms with Crippen LogP contribution in [0.25, 0.3) is 11.4 Å². The number of aromatic nitrogens is 4. The Labute approximate surface area is 134 Å². The maximum Gasteiger partial charge on any atom is 0.213 e. The maximum atomic E-state index is 5.13. The molecule has 3 heterocycles. The van der Waals surface area contributed by atoms with Crippen molar-refractivity contribution in [2.75, 3.05) is 12.4 Å². The second kappa shape index (κ2) is 6.83. The van der Waals surface area contributed by atoms with Gasteiger partial charge in [0.2, 0.25) is 5.88 Å². The van der Waals surface area contributed by atoms with Crippen LogP contribution in [0, 0.1) is 6.92 Å². The normalized spacial score (nSPS) is 10.3. The number of nitrogens with zero attached hydrogens (tertiary/aromatic N) is 4. The Morgan fingerprint density at radius 3 is 2.65 bits per heavy atom. The van der Waals surface area contributed by atoms with Gasteiger partial charge in [0.05, 0.1) is 7.11 Å². The van der Waals surface area contributed by atoms with Gasteiger partial charge in [-0.15, -0.1) is 0 Å². The molecule has 3 aromatic rings. The summed E-state index contributed by atoms with van der Waals surface area (Å²) in [6, 6.07) is 9.54. The highest BCUT2D eigenvalue weighted by Crippen LogP contribution is 2.17. The van der Waals surface area contributed by atoms with Gasteiger partial charge in [0.25, 0.3) is 0 Å². The first-order valence-electron chi connectivity index (χ1n) is 7.23. The number of hydrogen-bond acceptors (Lipinski definition) is 6. The SMILES string of the molecule is COc1cc(CNc2cc(C)nc(-c3ccncc3)n2)ccn1. The molecule has 0 aliphatic heterocycles. The van der Waals surface area contributed by atoms with E-state index in [9.17, 15) is 0 Å². The van der Waals surface area contributed by atoms with E-state index in [0.29, 0.717) is 18.2 Å². The van der Waals surface area contributed by atoms with Crippen molar-refractivity contribution in [3.05, 3.63) is 60.2 Å². The standard InChI is InChI=1S/C17H17N5O/c1-12-9-15(20-11-13-3-8-19-16(10-13)23-2)22-17(21-12)14-4-6-18-7-5-14/h3-10H,11H2,1-2H3,(H,20,21,22). The van der Waals surface area contributed by atoms with Gasteiger partial charge < -0.3 is 10.1 Å². The molecule has 0 aromatic carbocycles. The third-order valence-corrected chi connectivity index (χ3v) is 3.27. The highest BCUT2D eigenvalue weighted by atomic mass is 16.5. The van der Waals surface area contributed by atoms with Crippen LogP contribution in [0.2, 0.25) is 0 Å². The quantitative estimate of drug-likeness (QED) is 0.781. The molecule has 0 radical (unpaired) electrons. The number of nitrogens with one attached hydrogen (secondary N) is 1. The lowest BCUT2D eigenvalue weighted by atomic mass is 10.2. The molecular formula is C17H17N5O. The van der Waals surface area contributed by atoms with Crippen molar-refractivity contribution in [3.8, 4) is 17.3 Å². The van der Waals surface area contributed by atoms with Gasteiger partial charge in [-0.3, -0.25) is 4.98 Å². The van der Waals surface area contributed by atoms with Crippen molar-refractivity contribution in [2.45, 2.75) is 13.5 Å². The van der Waals surface area contributed by atoms with E-state index in [1.54, 1.807) is 25.7 Å². The van der Waals surface area contributed by atoms with Crippen molar-refractivity contribution in [3.63, 3.8) is 0 Å². The Kier molecular flexibility index (Phi) is 4.42. The molecule has 0 aliphatic carbocycles. The summed E-state index contributed by atoms with van der Waals surface area (Å²) in [5.74, 6) is 2.06. The Bertz CT molecular complexity index is 792. The molecule has 116 valence electrons. The predicted octanol–water partition coefficient (Wildman–Crippen LogP) is 2.86. The van der Waals surface area contributed by atoms with Crippen molar-refractivity contribution in [2.24, 2.45) is 0 Å². The van der Waals surface area contributed by atoms with Crippen LogP contribution in [0.1, 0.15) is 11.3 Å². The Morgan fingerprint density at radius 2 is 1.87 bits per heavy atom. The number of anilines is 1. The van der Waals surface area contributed by atoms with E-state index in [-0.39, 0.29) is 0 Å². The topological polar surface area (TPSA) is 72.8 Å². The Balaban J connectivity index is 1.79. The van der Waals surface area contributed by atoms with Gasteiger partial charge in [-0.25, -0.2) is 15.0 Å². The summed E-state index contributed by atoms with van der Waals surface area (Å²) < 4.78 is 5.13. The van der Waals surface area contributed by atoms with Gasteiger partial charge in [-0.1, -0.05) is 0 Å². The minimum Gasteiger partial charge on any atom is -0.481 e. The van der Waals surface area contributed by atoms with Gasteiger partial charge in [-0.05, 0) is 30.7 Å². The third-order valence-electron chi connectivity index (χ3n) is 3.27. The van der Waals surface area contributed by atoms with Crippen molar-refractivity contribution < 1.29 is 4.74 Å². The fraction of sp³-hybridized carbons (Fsp3) is 0.176. The van der Waals surface area contributed by atoms with E-state index in [4.69, 9.17) is 4.74 Å². The summed E-state index contributed by atoms with van der Waals surface area (Å²) in [5.41, 5.74) is 2.91. The van der Waals surface area contributed by atoms with Gasteiger partial charge in [0.1, 0.15) is 5.82 Å². The van der Waals surface area contributed by atoms with Gasteiger partial charge >= 0.3 is 0 Å². The van der Waals surface area contributed by atoms with Crippen LogP contribution in [0.5, 0.6) is 5.88 Å². The summed E-state index contributed by atoms with van der Waals surface area (Å²) in [5, 5.41) is 3.31. The summed E-state index contributed by atoms with van der Waals surface area (Å²) >= 11 is 0. The molecule has 23 heavy (non-hydrogen) atoms. The number of hydrogen-bond donors (Lipinski definition) is 1. The number of methoxy groups -OCH3 is 1. The largest absolute Gasteiger partial charge is 0.481 e. The first kappa shape index (κ1) is 14.9. The van der Waals surface area contributed by atoms with E-state index in [1.807, 2.05) is 37.3 Å². The zero-order valence-electron chi connectivity index (χ0n) is 13.0. The second-order valence-corrected chi connectivity index (χ2v) is 5.01. The van der Waals surface area contributed by atoms with Crippen molar-refractivity contribution >= 4 is 5.82 Å². The third kappa shape index (κ3) is 3.79. The smallest absolute Gasteiger partial charge is 0.213 e. The van der Waals surface area contributed by atoms with Gasteiger partial charge in [0, 0.05) is 48.5 Å². The highest BCUT2D eigenvalue weighted by molar-refractivity contribution is 5.56. The summed E-state index contributed by atoms with van der Waals surface area (Å²) in [6.45, 7) is 2.58. The molecule has 6 heteroatoms. The molecule has 0 unspecified atom stereocenters. The number of ether oxygens (including phenoxy) is 1. The molecule has 0 amide bonds. The minimum absolute atomic E-state index is 0.598. The zero-order valence-corrected chi connectivity index (χ0v) is 13.0. The molecule has 0 fully saturated rings. The fourth-order valence-corrected chi connectivity index (χ4v) is 2.15. The Hall–Kier alpha value is -3.02. The Morgan fingerprint density at radius 1 is 1.04 bits per heavy atom. The number of pyridine rings is 2. The lowest BCUT2D eigenvalue weighted by Gasteiger charge is -2.09. The minimum atomic E-state index is 0.598. The molecule has 0 saturated carbocycles. The fourth-order valence-electron chi connectivity index (χ4n) is 2.15. The van der Waals surface area contributed by atoms with Gasteiger partial charge in [-0.2, -0.15) is 0 Å². The van der Waals surface area contributed by atoms with Crippen LogP contribution < -0.4 is 10.1 Å². The molecule has 1 N–H and O–H groups in total. The zero-order chi connectivity index (χ0) is 16.1. The van der Waals surface area contributed by atoms with Crippen LogP contribution >= 0.6 is 0 Å². The summed E-state index contributed by atoms with van der Waals surface area (Å²) in [7, 11) is 1.61. The molecule has 0 aliphatic rings. The second-order valence-electron chi connectivity index (χ2n) is 5.01. The van der Waals surface area contributed by atoms with E-state index in [0.717, 1.165) is 22.6 Å². The molecular weight excluding hydrogens is 290 g/mol. The average molecular weight is 307 g/mol. The lowest BCUT2D eigenvalue weighted by molar-refractivity contribution is 0.397. The van der Waals surface area contributed by atoms with Crippen molar-refractivity contribution in [1.82, 2.24) is 19.9 Å². The maximum absolute atomic E-state index is 5.13. The van der Waals surface area contributed by atoms with Crippen LogP contribution in [0.4, 0.5) is 5.82 Å². The molecule has 3 aromatic heterocycles. The van der Waals surface area contributed by atoms with E-state index >= 15 is 0 Å². The van der Waals surface area contributed by atoms with Crippen LogP contribution in [0.3, 0.4) is 0 Å². The molecule has 6 nitrogen and oxygen atoms in total. The van der Waals surface area contributed by atoms with Crippen LogP contribution in [0.15, 0.2) is 48.9 Å². The van der Waals surface area contributed by atoms with E-state index in [1.165, 1.54) is 0 Å². The molecule has 0 atom stereocenters. The summed E-state index contributed by atoms with van der Waals surface area (Å²) in [4.78, 5) is 17.2. The van der Waals surface area contributed by atoms with Crippen LogP contribution in [-0.4, -0.2) is 27.0 Å². The van der Waals surface area contributed by atoms with Gasteiger partial charge in [0.15, 0.2) is 5.82 Å². The van der Waals surface area contributed by atoms with Crippen LogP contribution in [-0.2, 0) is 6.54 Å². The molecule has 3 rings (SSSR count). The van der Waals surface area contributed by atoms with E-state index < -0.39 is 0 Å². The number of rotatable bonds is 5. The van der Waals surface area contributed by atoms with Crippen molar-refractivity contribution in [1.29, 1.82) is 0 Å². The first-order valence-corrected chi connectivity index (χ1v) is 7.23. The van der Waals surface area contributed by atoms with E-state index in [2.05, 4.69) is 25.3 Å². The predicted molar refractivity (Wildman–Crippen MR) is 88.1 cm³/mol.